The first-order chi connectivity index (χ1) is 13.7. The van der Waals surface area contributed by atoms with Crippen LogP contribution in [0.4, 0.5) is 0 Å². The molecule has 0 unspecified atom stereocenters. The number of amides is 1. The first kappa shape index (κ1) is 16.8. The van der Waals surface area contributed by atoms with Crippen molar-refractivity contribution in [2.45, 2.75) is 25.0 Å². The molecule has 3 heterocycles. The highest BCUT2D eigenvalue weighted by Crippen LogP contribution is 2.38. The maximum atomic E-state index is 12.9. The zero-order chi connectivity index (χ0) is 19.1. The second-order valence-electron chi connectivity index (χ2n) is 7.25. The van der Waals surface area contributed by atoms with Crippen LogP contribution in [-0.2, 0) is 0 Å². The minimum absolute atomic E-state index is 0.164. The number of carbonyl (C=O) groups is 1. The smallest absolute Gasteiger partial charge is 0.272 e. The molecule has 1 amide bonds. The minimum atomic E-state index is -0.308. The number of pyridine rings is 1. The molecule has 3 aromatic heterocycles. The first-order valence-corrected chi connectivity index (χ1v) is 9.31. The highest BCUT2D eigenvalue weighted by Gasteiger charge is 2.36. The van der Waals surface area contributed by atoms with E-state index >= 15 is 0 Å². The van der Waals surface area contributed by atoms with E-state index in [4.69, 9.17) is 0 Å². The number of nitrogens with one attached hydrogen (secondary N) is 1. The lowest BCUT2D eigenvalue weighted by atomic mass is 9.75. The topological polar surface area (TPSA) is 92.4 Å². The van der Waals surface area contributed by atoms with Crippen molar-refractivity contribution in [3.8, 4) is 0 Å². The predicted molar refractivity (Wildman–Crippen MR) is 104 cm³/mol. The Hall–Kier alpha value is -3.32. The number of imidazole rings is 1. The van der Waals surface area contributed by atoms with Crippen molar-refractivity contribution in [3.63, 3.8) is 0 Å². The molecular weight excluding hydrogens is 354 g/mol. The average Bonchev–Trinajstić information content (AvgIpc) is 3.14. The van der Waals surface area contributed by atoms with Gasteiger partial charge in [-0.15, -0.1) is 0 Å². The highest BCUT2D eigenvalue weighted by atomic mass is 16.3. The summed E-state index contributed by atoms with van der Waals surface area (Å²) in [6, 6.07) is 11.5. The maximum Gasteiger partial charge on any atom is 0.272 e. The largest absolute Gasteiger partial charge is 0.393 e. The second kappa shape index (κ2) is 6.69. The summed E-state index contributed by atoms with van der Waals surface area (Å²) in [5, 5.41) is 13.9. The van der Waals surface area contributed by atoms with Crippen LogP contribution in [0.15, 0.2) is 61.2 Å². The van der Waals surface area contributed by atoms with E-state index in [9.17, 15) is 9.90 Å². The van der Waals surface area contributed by atoms with Gasteiger partial charge in [-0.2, -0.15) is 0 Å². The summed E-state index contributed by atoms with van der Waals surface area (Å²) in [6.45, 7) is 0. The Balaban J connectivity index is 1.46. The van der Waals surface area contributed by atoms with Crippen LogP contribution < -0.4 is 5.32 Å². The van der Waals surface area contributed by atoms with Crippen molar-refractivity contribution in [1.29, 1.82) is 0 Å². The number of carbonyl (C=O) groups excluding carboxylic acids is 1. The molecule has 0 spiro atoms. The molecule has 0 radical (unpaired) electrons. The van der Waals surface area contributed by atoms with Gasteiger partial charge in [0.2, 0.25) is 5.78 Å². The molecule has 5 rings (SSSR count). The Morgan fingerprint density at radius 2 is 2.07 bits per heavy atom. The Morgan fingerprint density at radius 3 is 2.89 bits per heavy atom. The Bertz CT molecular complexity index is 1130. The van der Waals surface area contributed by atoms with Crippen LogP contribution in [0.2, 0.25) is 0 Å². The third-order valence-electron chi connectivity index (χ3n) is 5.35. The third-order valence-corrected chi connectivity index (χ3v) is 5.35. The zero-order valence-electron chi connectivity index (χ0n) is 15.1. The number of aliphatic hydroxyl groups is 1. The van der Waals surface area contributed by atoms with Gasteiger partial charge in [0.25, 0.3) is 5.91 Å². The molecule has 28 heavy (non-hydrogen) atoms. The van der Waals surface area contributed by atoms with Gasteiger partial charge in [-0.25, -0.2) is 9.97 Å². The van der Waals surface area contributed by atoms with E-state index < -0.39 is 0 Å². The van der Waals surface area contributed by atoms with Crippen LogP contribution in [0.1, 0.15) is 34.9 Å². The summed E-state index contributed by atoms with van der Waals surface area (Å²) in [5.41, 5.74) is 2.17. The lowest BCUT2D eigenvalue weighted by Crippen LogP contribution is -2.41. The van der Waals surface area contributed by atoms with Crippen molar-refractivity contribution in [1.82, 2.24) is 24.7 Å². The van der Waals surface area contributed by atoms with Gasteiger partial charge >= 0.3 is 0 Å². The van der Waals surface area contributed by atoms with Crippen LogP contribution in [-0.4, -0.2) is 36.5 Å². The summed E-state index contributed by atoms with van der Waals surface area (Å²) in [5.74, 6) is 0.387. The number of aliphatic hydroxyl groups excluding tert-OH is 1. The number of rotatable bonds is 4. The molecule has 0 saturated heterocycles. The predicted octanol–water partition coefficient (Wildman–Crippen LogP) is 2.52. The van der Waals surface area contributed by atoms with E-state index in [0.717, 1.165) is 16.5 Å². The van der Waals surface area contributed by atoms with Crippen molar-refractivity contribution in [2.75, 3.05) is 0 Å². The summed E-state index contributed by atoms with van der Waals surface area (Å²) in [7, 11) is 0. The summed E-state index contributed by atoms with van der Waals surface area (Å²) in [4.78, 5) is 25.9. The van der Waals surface area contributed by atoms with Crippen LogP contribution >= 0.6 is 0 Å². The average molecular weight is 373 g/mol. The number of benzene rings is 1. The molecule has 1 aromatic carbocycles. The zero-order valence-corrected chi connectivity index (χ0v) is 15.1. The Kier molecular flexibility index (Phi) is 4.02. The number of fused-ring (bicyclic) bond motifs is 2. The fourth-order valence-corrected chi connectivity index (χ4v) is 3.79. The van der Waals surface area contributed by atoms with Crippen LogP contribution in [0, 0.1) is 5.92 Å². The van der Waals surface area contributed by atoms with Gasteiger partial charge < -0.3 is 10.4 Å². The standard InChI is InChI=1S/C21H19N5O2/c27-16-9-14(10-16)19(15-8-13-4-1-2-5-17(13)23-11-15)25-20(28)18-12-26-7-3-6-22-21(26)24-18/h1-8,11-12,14,16,19,27H,9-10H2,(H,25,28)/t14?,16?,19-/m1/s1. The second-order valence-corrected chi connectivity index (χ2v) is 7.25. The van der Waals surface area contributed by atoms with Crippen molar-refractivity contribution in [3.05, 3.63) is 72.4 Å². The molecular formula is C21H19N5O2. The Morgan fingerprint density at radius 1 is 1.21 bits per heavy atom. The maximum absolute atomic E-state index is 12.9. The molecule has 0 bridgehead atoms. The summed E-state index contributed by atoms with van der Waals surface area (Å²) >= 11 is 0. The van der Waals surface area contributed by atoms with Crippen LogP contribution in [0.5, 0.6) is 0 Å². The minimum Gasteiger partial charge on any atom is -0.393 e. The molecule has 4 aromatic rings. The summed E-state index contributed by atoms with van der Waals surface area (Å²) in [6.07, 6.45) is 7.93. The van der Waals surface area contributed by atoms with Crippen molar-refractivity contribution < 1.29 is 9.90 Å². The van der Waals surface area contributed by atoms with Crippen molar-refractivity contribution >= 4 is 22.6 Å². The number of aromatic nitrogens is 4. The Labute approximate surface area is 161 Å². The molecule has 0 aliphatic heterocycles. The molecule has 1 aliphatic rings. The quantitative estimate of drug-likeness (QED) is 0.573. The summed E-state index contributed by atoms with van der Waals surface area (Å²) < 4.78 is 1.72. The fraction of sp³-hybridized carbons (Fsp3) is 0.238. The monoisotopic (exact) mass is 373 g/mol. The molecule has 7 nitrogen and oxygen atoms in total. The van der Waals surface area contributed by atoms with E-state index in [-0.39, 0.29) is 24.0 Å². The van der Waals surface area contributed by atoms with Gasteiger partial charge in [-0.3, -0.25) is 14.2 Å². The number of nitrogens with zero attached hydrogens (tertiary/aromatic N) is 4. The molecule has 1 fully saturated rings. The van der Waals surface area contributed by atoms with Gasteiger partial charge in [0.15, 0.2) is 0 Å². The molecule has 1 aliphatic carbocycles. The van der Waals surface area contributed by atoms with E-state index in [1.165, 1.54) is 0 Å². The number of hydrogen-bond acceptors (Lipinski definition) is 5. The fourth-order valence-electron chi connectivity index (χ4n) is 3.79. The van der Waals surface area contributed by atoms with Gasteiger partial charge in [-0.05, 0) is 42.5 Å². The third kappa shape index (κ3) is 2.99. The highest BCUT2D eigenvalue weighted by molar-refractivity contribution is 5.93. The van der Waals surface area contributed by atoms with Gasteiger partial charge in [-0.1, -0.05) is 18.2 Å². The molecule has 1 saturated carbocycles. The van der Waals surface area contributed by atoms with Crippen LogP contribution in [0.25, 0.3) is 16.7 Å². The van der Waals surface area contributed by atoms with E-state index in [2.05, 4.69) is 26.3 Å². The van der Waals surface area contributed by atoms with Gasteiger partial charge in [0.1, 0.15) is 5.69 Å². The van der Waals surface area contributed by atoms with E-state index in [0.29, 0.717) is 24.3 Å². The van der Waals surface area contributed by atoms with E-state index in [1.807, 2.05) is 30.5 Å². The van der Waals surface area contributed by atoms with Gasteiger partial charge in [0, 0.05) is 30.2 Å². The molecule has 140 valence electrons. The SMILES string of the molecule is O=C(N[C@@H](c1cnc2ccccc2c1)C1CC(O)C1)c1cn2cccnc2n1. The normalized spacial score (nSPS) is 20.0. The molecule has 7 heteroatoms. The van der Waals surface area contributed by atoms with Crippen molar-refractivity contribution in [2.24, 2.45) is 5.92 Å². The molecule has 1 atom stereocenters. The number of hydrogen-bond donors (Lipinski definition) is 2. The lowest BCUT2D eigenvalue weighted by Gasteiger charge is -2.38. The number of para-hydroxylation sites is 1. The first-order valence-electron chi connectivity index (χ1n) is 9.31. The van der Waals surface area contributed by atoms with Crippen LogP contribution in [0.3, 0.4) is 0 Å². The lowest BCUT2D eigenvalue weighted by molar-refractivity contribution is 0.0234. The van der Waals surface area contributed by atoms with Gasteiger partial charge in [0.05, 0.1) is 17.7 Å². The molecule has 2 N–H and O–H groups in total. The van der Waals surface area contributed by atoms with E-state index in [1.54, 1.807) is 29.1 Å².